The third-order valence-corrected chi connectivity index (χ3v) is 7.01. The van der Waals surface area contributed by atoms with Gasteiger partial charge in [0.15, 0.2) is 0 Å². The largest absolute Gasteiger partial charge is 0.496 e. The molecule has 40 heavy (non-hydrogen) atoms. The van der Waals surface area contributed by atoms with Gasteiger partial charge in [0.2, 0.25) is 5.91 Å². The molecule has 2 atom stereocenters. The first-order chi connectivity index (χ1) is 18.8. The van der Waals surface area contributed by atoms with E-state index in [4.69, 9.17) is 4.74 Å². The fraction of sp³-hybridized carbons (Fsp3) is 0.393. The summed E-state index contributed by atoms with van der Waals surface area (Å²) in [5, 5.41) is 15.1. The average Bonchev–Trinajstić information content (AvgIpc) is 2.91. The number of aryl methyl sites for hydroxylation is 1. The van der Waals surface area contributed by atoms with Gasteiger partial charge in [-0.15, -0.1) is 0 Å². The van der Waals surface area contributed by atoms with E-state index in [2.05, 4.69) is 15.3 Å². The van der Waals surface area contributed by atoms with Gasteiger partial charge in [-0.1, -0.05) is 6.08 Å². The number of nitro benzene ring substituents is 1. The van der Waals surface area contributed by atoms with Crippen molar-refractivity contribution < 1.29 is 27.6 Å². The first-order valence-corrected chi connectivity index (χ1v) is 12.7. The van der Waals surface area contributed by atoms with Gasteiger partial charge in [-0.2, -0.15) is 13.2 Å². The monoisotopic (exact) mass is 557 g/mol. The predicted octanol–water partition coefficient (Wildman–Crippen LogP) is 6.32. The quantitative estimate of drug-likeness (QED) is 0.267. The van der Waals surface area contributed by atoms with Crippen LogP contribution in [0.2, 0.25) is 0 Å². The number of rotatable bonds is 7. The molecule has 4 rings (SSSR count). The Morgan fingerprint density at radius 1 is 1.20 bits per heavy atom. The third kappa shape index (κ3) is 6.00. The molecule has 0 aliphatic heterocycles. The van der Waals surface area contributed by atoms with Crippen molar-refractivity contribution in [2.45, 2.75) is 45.3 Å². The van der Waals surface area contributed by atoms with Gasteiger partial charge in [0.1, 0.15) is 17.4 Å². The maximum atomic E-state index is 13.5. The van der Waals surface area contributed by atoms with Crippen LogP contribution in [0.5, 0.6) is 5.75 Å². The normalized spacial score (nSPS) is 16.3. The molecule has 12 heteroatoms. The Morgan fingerprint density at radius 2 is 1.93 bits per heavy atom. The summed E-state index contributed by atoms with van der Waals surface area (Å²) in [6, 6.07) is 5.44. The molecule has 0 spiro atoms. The summed E-state index contributed by atoms with van der Waals surface area (Å²) < 4.78 is 46.0. The molecule has 212 valence electrons. The summed E-state index contributed by atoms with van der Waals surface area (Å²) in [6.07, 6.45) is -0.773. The minimum absolute atomic E-state index is 0.0833. The first-order valence-electron chi connectivity index (χ1n) is 12.7. The number of hydrogen-bond donors (Lipinski definition) is 1. The Bertz CT molecular complexity index is 1500. The smallest absolute Gasteiger partial charge is 0.416 e. The second-order valence-corrected chi connectivity index (χ2v) is 10.1. The molecule has 3 aromatic rings. The number of nitrogens with one attached hydrogen (secondary N) is 1. The number of carbonyl (C=O) groups is 1. The molecule has 1 unspecified atom stereocenters. The number of nitro groups is 1. The van der Waals surface area contributed by atoms with E-state index in [1.165, 1.54) is 0 Å². The Kier molecular flexibility index (Phi) is 7.99. The molecule has 1 aliphatic carbocycles. The zero-order valence-electron chi connectivity index (χ0n) is 22.8. The standard InChI is InChI=1S/C28H30F3N5O4/c1-15(19-10-20(28(29,30)31)12-21(11-19)36(38)39)32-26-23-13-22(25(40-5)14-24(23)33-16(2)34-26)17-6-8-18(9-7-17)27(37)35(3)4/h6,10-15,18H,7-9H2,1-5H3,(H,32,33,34)/t15-,18?/m1/s1. The molecule has 1 aliphatic rings. The van der Waals surface area contributed by atoms with E-state index in [1.54, 1.807) is 46.0 Å². The Morgan fingerprint density at radius 3 is 2.50 bits per heavy atom. The van der Waals surface area contributed by atoms with Crippen LogP contribution in [-0.4, -0.2) is 46.9 Å². The highest BCUT2D eigenvalue weighted by Gasteiger charge is 2.33. The molecule has 0 saturated carbocycles. The van der Waals surface area contributed by atoms with E-state index in [1.807, 2.05) is 12.1 Å². The highest BCUT2D eigenvalue weighted by molar-refractivity contribution is 5.94. The molecule has 0 saturated heterocycles. The molecule has 0 fully saturated rings. The Hall–Kier alpha value is -4.22. The van der Waals surface area contributed by atoms with Crippen molar-refractivity contribution in [2.75, 3.05) is 26.5 Å². The van der Waals surface area contributed by atoms with Gasteiger partial charge >= 0.3 is 6.18 Å². The van der Waals surface area contributed by atoms with Crippen molar-refractivity contribution in [3.8, 4) is 5.75 Å². The predicted molar refractivity (Wildman–Crippen MR) is 145 cm³/mol. The minimum atomic E-state index is -4.74. The number of methoxy groups -OCH3 is 1. The fourth-order valence-corrected chi connectivity index (χ4v) is 4.91. The molecule has 0 bridgehead atoms. The van der Waals surface area contributed by atoms with Gasteiger partial charge in [-0.05, 0) is 56.4 Å². The van der Waals surface area contributed by atoms with Crippen molar-refractivity contribution in [3.05, 3.63) is 69.0 Å². The Labute approximate surface area is 229 Å². The second kappa shape index (κ2) is 11.1. The summed E-state index contributed by atoms with van der Waals surface area (Å²) in [4.78, 5) is 33.5. The van der Waals surface area contributed by atoms with Gasteiger partial charge < -0.3 is 15.0 Å². The van der Waals surface area contributed by atoms with Crippen LogP contribution in [0, 0.1) is 23.0 Å². The van der Waals surface area contributed by atoms with Crippen molar-refractivity contribution in [1.82, 2.24) is 14.9 Å². The molecule has 2 aromatic carbocycles. The van der Waals surface area contributed by atoms with Gasteiger partial charge in [-0.25, -0.2) is 9.97 Å². The van der Waals surface area contributed by atoms with Crippen molar-refractivity contribution >= 4 is 33.9 Å². The topological polar surface area (TPSA) is 110 Å². The fourth-order valence-electron chi connectivity index (χ4n) is 4.91. The number of nitrogens with zero attached hydrogens (tertiary/aromatic N) is 4. The molecular weight excluding hydrogens is 527 g/mol. The lowest BCUT2D eigenvalue weighted by molar-refractivity contribution is -0.385. The molecule has 1 N–H and O–H groups in total. The molecule has 9 nitrogen and oxygen atoms in total. The van der Waals surface area contributed by atoms with Crippen LogP contribution in [0.4, 0.5) is 24.7 Å². The van der Waals surface area contributed by atoms with Crippen LogP contribution < -0.4 is 10.1 Å². The number of allylic oxidation sites excluding steroid dienone is 2. The van der Waals surface area contributed by atoms with Crippen molar-refractivity contribution in [3.63, 3.8) is 0 Å². The first kappa shape index (κ1) is 28.8. The van der Waals surface area contributed by atoms with Gasteiger partial charge in [0.05, 0.1) is 29.2 Å². The van der Waals surface area contributed by atoms with Gasteiger partial charge in [-0.3, -0.25) is 14.9 Å². The lowest BCUT2D eigenvalue weighted by Crippen LogP contribution is -2.30. The summed E-state index contributed by atoms with van der Waals surface area (Å²) in [5.74, 6) is 1.39. The SMILES string of the molecule is COc1cc2nc(C)nc(N[C@H](C)c3cc([N+](=O)[O-])cc(C(F)(F)F)c3)c2cc1C1=CCC(C(=O)N(C)C)CC1. The maximum absolute atomic E-state index is 13.5. The van der Waals surface area contributed by atoms with E-state index in [0.29, 0.717) is 53.6 Å². The maximum Gasteiger partial charge on any atom is 0.416 e. The van der Waals surface area contributed by atoms with E-state index >= 15 is 0 Å². The number of anilines is 1. The lowest BCUT2D eigenvalue weighted by atomic mass is 9.85. The number of benzene rings is 2. The van der Waals surface area contributed by atoms with E-state index in [-0.39, 0.29) is 17.4 Å². The van der Waals surface area contributed by atoms with Crippen LogP contribution in [-0.2, 0) is 11.0 Å². The molecule has 1 amide bonds. The van der Waals surface area contributed by atoms with Crippen molar-refractivity contribution in [2.24, 2.45) is 5.92 Å². The average molecular weight is 558 g/mol. The van der Waals surface area contributed by atoms with Crippen LogP contribution >= 0.6 is 0 Å². The van der Waals surface area contributed by atoms with Crippen LogP contribution in [0.1, 0.15) is 54.7 Å². The van der Waals surface area contributed by atoms with E-state index in [9.17, 15) is 28.1 Å². The number of halogens is 3. The third-order valence-electron chi connectivity index (χ3n) is 7.01. The number of alkyl halides is 3. The molecule has 1 heterocycles. The number of non-ortho nitro benzene ring substituents is 1. The lowest BCUT2D eigenvalue weighted by Gasteiger charge is -2.25. The van der Waals surface area contributed by atoms with Crippen LogP contribution in [0.25, 0.3) is 16.5 Å². The summed E-state index contributed by atoms with van der Waals surface area (Å²) >= 11 is 0. The molecule has 0 radical (unpaired) electrons. The summed E-state index contributed by atoms with van der Waals surface area (Å²) in [7, 11) is 5.04. The van der Waals surface area contributed by atoms with E-state index in [0.717, 1.165) is 23.3 Å². The van der Waals surface area contributed by atoms with Gasteiger partial charge in [0.25, 0.3) is 5.69 Å². The zero-order valence-corrected chi connectivity index (χ0v) is 22.8. The number of hydrogen-bond acceptors (Lipinski definition) is 7. The van der Waals surface area contributed by atoms with E-state index < -0.39 is 28.4 Å². The minimum Gasteiger partial charge on any atom is -0.496 e. The number of amides is 1. The number of carbonyl (C=O) groups excluding carboxylic acids is 1. The van der Waals surface area contributed by atoms with Crippen LogP contribution in [0.15, 0.2) is 36.4 Å². The highest BCUT2D eigenvalue weighted by Crippen LogP contribution is 2.40. The zero-order chi connectivity index (χ0) is 29.4. The summed E-state index contributed by atoms with van der Waals surface area (Å²) in [5.41, 5.74) is 0.723. The number of aromatic nitrogens is 2. The van der Waals surface area contributed by atoms with Crippen LogP contribution in [0.3, 0.4) is 0 Å². The number of fused-ring (bicyclic) bond motifs is 1. The number of ether oxygens (including phenoxy) is 1. The second-order valence-electron chi connectivity index (χ2n) is 10.1. The van der Waals surface area contributed by atoms with Gasteiger partial charge in [0, 0.05) is 49.2 Å². The highest BCUT2D eigenvalue weighted by atomic mass is 19.4. The molecular formula is C28H30F3N5O4. The Balaban J connectivity index is 1.74. The summed E-state index contributed by atoms with van der Waals surface area (Å²) in [6.45, 7) is 3.30. The molecule has 1 aromatic heterocycles. The van der Waals surface area contributed by atoms with Crippen molar-refractivity contribution in [1.29, 1.82) is 0 Å².